The Morgan fingerprint density at radius 1 is 0.898 bits per heavy atom. The van der Waals surface area contributed by atoms with Gasteiger partial charge in [-0.1, -0.05) is 42.5 Å². The fourth-order valence-electron chi connectivity index (χ4n) is 6.16. The molecular weight excluding hydrogens is 648 g/mol. The van der Waals surface area contributed by atoms with E-state index in [-0.39, 0.29) is 22.9 Å². The Balaban J connectivity index is 1.23. The van der Waals surface area contributed by atoms with Crippen LogP contribution in [-0.2, 0) is 23.1 Å². The van der Waals surface area contributed by atoms with E-state index in [4.69, 9.17) is 4.74 Å². The molecule has 1 aliphatic heterocycles. The predicted octanol–water partition coefficient (Wildman–Crippen LogP) is 8.67. The maximum Gasteiger partial charge on any atom is 0.416 e. The molecule has 6 rings (SSSR count). The second-order valence-electron chi connectivity index (χ2n) is 12.3. The van der Waals surface area contributed by atoms with Crippen molar-refractivity contribution in [3.8, 4) is 0 Å². The van der Waals surface area contributed by atoms with E-state index in [0.29, 0.717) is 41.8 Å². The zero-order chi connectivity index (χ0) is 34.4. The lowest BCUT2D eigenvalue weighted by atomic mass is 9.94. The van der Waals surface area contributed by atoms with Gasteiger partial charge in [0.25, 0.3) is 5.91 Å². The first-order chi connectivity index (χ1) is 23.7. The first kappa shape index (κ1) is 34.3. The molecule has 1 fully saturated rings. The molecule has 1 saturated heterocycles. The summed E-state index contributed by atoms with van der Waals surface area (Å²) >= 11 is 1.64. The summed E-state index contributed by atoms with van der Waals surface area (Å²) in [4.78, 5) is 32.8. The van der Waals surface area contributed by atoms with E-state index in [2.05, 4.69) is 33.4 Å². The van der Waals surface area contributed by atoms with E-state index in [1.807, 2.05) is 42.5 Å². The van der Waals surface area contributed by atoms with Crippen molar-refractivity contribution in [2.75, 3.05) is 38.3 Å². The number of benzene rings is 4. The molecule has 0 radical (unpaired) electrons. The molecule has 5 aromatic rings. The number of halogens is 3. The van der Waals surface area contributed by atoms with Crippen molar-refractivity contribution < 1.29 is 27.5 Å². The number of hydrogen-bond acceptors (Lipinski definition) is 5. The minimum Gasteiger partial charge on any atom is -0.383 e. The lowest BCUT2D eigenvalue weighted by Crippen LogP contribution is -2.29. The summed E-state index contributed by atoms with van der Waals surface area (Å²) < 4.78 is 45.1. The molecule has 0 spiro atoms. The average Bonchev–Trinajstić information content (AvgIpc) is 3.55. The fraction of sp³-hybridized carbons (Fsp3) is 0.282. The summed E-state index contributed by atoms with van der Waals surface area (Å²) in [6.07, 6.45) is -0.608. The van der Waals surface area contributed by atoms with Gasteiger partial charge < -0.3 is 19.9 Å². The van der Waals surface area contributed by atoms with Gasteiger partial charge in [-0.3, -0.25) is 9.59 Å². The molecule has 1 aliphatic rings. The van der Waals surface area contributed by atoms with Gasteiger partial charge in [-0.25, -0.2) is 0 Å². The molecule has 2 N–H and O–H groups in total. The third-order valence-electron chi connectivity index (χ3n) is 8.73. The number of H-pyrrole nitrogens is 1. The number of fused-ring (bicyclic) bond motifs is 1. The van der Waals surface area contributed by atoms with E-state index in [1.54, 1.807) is 31.0 Å². The second kappa shape index (κ2) is 15.3. The highest BCUT2D eigenvalue weighted by Crippen LogP contribution is 2.33. The largest absolute Gasteiger partial charge is 0.416 e. The molecule has 6 nitrogen and oxygen atoms in total. The zero-order valence-corrected chi connectivity index (χ0v) is 28.1. The Labute approximate surface area is 288 Å². The lowest BCUT2D eigenvalue weighted by Gasteiger charge is -2.29. The third-order valence-corrected chi connectivity index (χ3v) is 9.80. The van der Waals surface area contributed by atoms with Crippen LogP contribution in [0.25, 0.3) is 10.9 Å². The number of thioether (sulfide) groups is 1. The van der Waals surface area contributed by atoms with Gasteiger partial charge in [-0.05, 0) is 90.9 Å². The number of methoxy groups -OCH3 is 1. The van der Waals surface area contributed by atoms with Crippen molar-refractivity contribution in [2.24, 2.45) is 0 Å². The summed E-state index contributed by atoms with van der Waals surface area (Å²) in [6, 6.07) is 26.9. The van der Waals surface area contributed by atoms with Crippen LogP contribution in [0.15, 0.2) is 95.9 Å². The van der Waals surface area contributed by atoms with Gasteiger partial charge >= 0.3 is 6.18 Å². The lowest BCUT2D eigenvalue weighted by molar-refractivity contribution is -0.137. The predicted molar refractivity (Wildman–Crippen MR) is 189 cm³/mol. The summed E-state index contributed by atoms with van der Waals surface area (Å²) in [5, 5.41) is 3.40. The Morgan fingerprint density at radius 2 is 1.69 bits per heavy atom. The molecule has 0 aliphatic carbocycles. The monoisotopic (exact) mass is 685 g/mol. The van der Waals surface area contributed by atoms with Crippen LogP contribution in [0.1, 0.15) is 67.9 Å². The highest BCUT2D eigenvalue weighted by molar-refractivity contribution is 7.98. The quantitative estimate of drug-likeness (QED) is 0.0782. The molecule has 1 amide bonds. The summed E-state index contributed by atoms with van der Waals surface area (Å²) in [5.41, 5.74) is 4.85. The number of hydrogen-bond donors (Lipinski definition) is 2. The number of nitrogens with one attached hydrogen (secondary N) is 2. The summed E-state index contributed by atoms with van der Waals surface area (Å²) in [5.74, 6) is 0.296. The van der Waals surface area contributed by atoms with Gasteiger partial charge in [0.15, 0.2) is 0 Å². The standard InChI is InChI=1S/C39H38F3N3O3S/c1-48-18-15-43-38(47)30-9-6-10-33(21-30)49-25-27-8-5-7-26(19-27)20-28-12-14-32(45-16-3-2-4-17-45)24-34(28)37(46)36-22-29-11-13-31(39(40,41)42)23-35(29)44-36/h5-14,19,21-24,44H,2-4,15-18,20,25H2,1H3,(H,43,47). The minimum atomic E-state index is -4.48. The molecule has 2 heterocycles. The van der Waals surface area contributed by atoms with Crippen LogP contribution in [0.3, 0.4) is 0 Å². The average molecular weight is 686 g/mol. The highest BCUT2D eigenvalue weighted by atomic mass is 32.2. The van der Waals surface area contributed by atoms with Gasteiger partial charge in [0.2, 0.25) is 5.78 Å². The SMILES string of the molecule is COCCNC(=O)c1cccc(SCc2cccc(Cc3ccc(N4CCCCC4)cc3C(=O)c3cc4ccc(C(F)(F)F)cc4[nH]3)c2)c1. The van der Waals surface area contributed by atoms with Crippen LogP contribution in [0.4, 0.5) is 18.9 Å². The molecule has 0 saturated carbocycles. The number of rotatable bonds is 12. The number of aromatic nitrogens is 1. The number of aromatic amines is 1. The number of ether oxygens (including phenoxy) is 1. The van der Waals surface area contributed by atoms with Gasteiger partial charge in [0, 0.05) is 65.1 Å². The Bertz CT molecular complexity index is 1950. The molecule has 0 atom stereocenters. The maximum atomic E-state index is 14.1. The van der Waals surface area contributed by atoms with E-state index in [1.165, 1.54) is 12.5 Å². The zero-order valence-electron chi connectivity index (χ0n) is 27.2. The number of carbonyl (C=O) groups excluding carboxylic acids is 2. The van der Waals surface area contributed by atoms with Gasteiger partial charge in [0.1, 0.15) is 0 Å². The number of anilines is 1. The van der Waals surface area contributed by atoms with Crippen molar-refractivity contribution in [1.29, 1.82) is 0 Å². The molecule has 1 aromatic heterocycles. The van der Waals surface area contributed by atoms with Crippen molar-refractivity contribution >= 4 is 40.0 Å². The van der Waals surface area contributed by atoms with Crippen molar-refractivity contribution in [2.45, 2.75) is 42.5 Å². The van der Waals surface area contributed by atoms with Crippen molar-refractivity contribution in [3.63, 3.8) is 0 Å². The van der Waals surface area contributed by atoms with Crippen LogP contribution < -0.4 is 10.2 Å². The number of amides is 1. The number of alkyl halides is 3. The number of nitrogens with zero attached hydrogens (tertiary/aromatic N) is 1. The molecule has 254 valence electrons. The van der Waals surface area contributed by atoms with Crippen LogP contribution in [-0.4, -0.2) is 50.0 Å². The normalized spacial score (nSPS) is 13.5. The van der Waals surface area contributed by atoms with Gasteiger partial charge in [-0.2, -0.15) is 13.2 Å². The molecule has 10 heteroatoms. The van der Waals surface area contributed by atoms with Gasteiger partial charge in [-0.15, -0.1) is 11.8 Å². The van der Waals surface area contributed by atoms with E-state index in [0.717, 1.165) is 65.3 Å². The molecular formula is C39H38F3N3O3S. The van der Waals surface area contributed by atoms with Crippen LogP contribution in [0.5, 0.6) is 0 Å². The van der Waals surface area contributed by atoms with Crippen molar-refractivity contribution in [1.82, 2.24) is 10.3 Å². The van der Waals surface area contributed by atoms with Gasteiger partial charge in [0.05, 0.1) is 17.9 Å². The maximum absolute atomic E-state index is 14.1. The fourth-order valence-corrected chi connectivity index (χ4v) is 7.06. The molecule has 0 unspecified atom stereocenters. The van der Waals surface area contributed by atoms with Crippen LogP contribution in [0.2, 0.25) is 0 Å². The third kappa shape index (κ3) is 8.55. The Morgan fingerprint density at radius 3 is 2.49 bits per heavy atom. The summed E-state index contributed by atoms with van der Waals surface area (Å²) in [6.45, 7) is 2.73. The molecule has 4 aromatic carbocycles. The number of carbonyl (C=O) groups is 2. The Hall–Kier alpha value is -4.54. The second-order valence-corrected chi connectivity index (χ2v) is 13.3. The Kier molecular flexibility index (Phi) is 10.7. The van der Waals surface area contributed by atoms with E-state index >= 15 is 0 Å². The summed E-state index contributed by atoms with van der Waals surface area (Å²) in [7, 11) is 1.59. The van der Waals surface area contributed by atoms with Crippen LogP contribution >= 0.6 is 11.8 Å². The van der Waals surface area contributed by atoms with Crippen molar-refractivity contribution in [3.05, 3.63) is 130 Å². The van der Waals surface area contributed by atoms with E-state index < -0.39 is 11.7 Å². The van der Waals surface area contributed by atoms with Crippen LogP contribution in [0, 0.1) is 0 Å². The minimum absolute atomic E-state index is 0.142. The number of piperidine rings is 1. The smallest absolute Gasteiger partial charge is 0.383 e. The highest BCUT2D eigenvalue weighted by Gasteiger charge is 2.31. The first-order valence-corrected chi connectivity index (χ1v) is 17.4. The topological polar surface area (TPSA) is 74.4 Å². The number of ketones is 1. The first-order valence-electron chi connectivity index (χ1n) is 16.4. The molecule has 0 bridgehead atoms. The molecule has 49 heavy (non-hydrogen) atoms. The van der Waals surface area contributed by atoms with E-state index in [9.17, 15) is 22.8 Å².